The third kappa shape index (κ3) is 2.68. The number of anilines is 1. The van der Waals surface area contributed by atoms with Gasteiger partial charge in [-0.3, -0.25) is 10.1 Å². The zero-order valence-corrected chi connectivity index (χ0v) is 10.9. The summed E-state index contributed by atoms with van der Waals surface area (Å²) in [4.78, 5) is 10.3. The number of halogens is 1. The fraction of sp³-hybridized carbons (Fsp3) is 0.400. The van der Waals surface area contributed by atoms with E-state index in [-0.39, 0.29) is 10.6 Å². The van der Waals surface area contributed by atoms with Gasteiger partial charge in [-0.1, -0.05) is 0 Å². The van der Waals surface area contributed by atoms with Gasteiger partial charge in [0.05, 0.1) is 10.6 Å². The normalized spacial score (nSPS) is 19.7. The van der Waals surface area contributed by atoms with Crippen LogP contribution in [0.25, 0.3) is 0 Å². The first kappa shape index (κ1) is 11.7. The van der Waals surface area contributed by atoms with E-state index < -0.39 is 0 Å². The van der Waals surface area contributed by atoms with Crippen LogP contribution in [0.3, 0.4) is 0 Å². The second-order valence-electron chi connectivity index (χ2n) is 3.63. The summed E-state index contributed by atoms with van der Waals surface area (Å²) in [6.07, 6.45) is 1.11. The molecule has 0 amide bonds. The molecule has 1 aliphatic rings. The summed E-state index contributed by atoms with van der Waals surface area (Å²) in [5.74, 6) is 2.22. The average Bonchev–Trinajstić information content (AvgIpc) is 2.73. The lowest BCUT2D eigenvalue weighted by molar-refractivity contribution is -0.384. The molecule has 0 spiro atoms. The van der Waals surface area contributed by atoms with E-state index in [2.05, 4.69) is 21.2 Å². The summed E-state index contributed by atoms with van der Waals surface area (Å²) in [6, 6.07) is 5.21. The molecule has 4 nitrogen and oxygen atoms in total. The van der Waals surface area contributed by atoms with Crippen molar-refractivity contribution in [1.82, 2.24) is 0 Å². The number of nitrogens with zero attached hydrogens (tertiary/aromatic N) is 1. The van der Waals surface area contributed by atoms with E-state index in [1.54, 1.807) is 12.1 Å². The Morgan fingerprint density at radius 1 is 1.56 bits per heavy atom. The highest BCUT2D eigenvalue weighted by Crippen LogP contribution is 2.30. The highest BCUT2D eigenvalue weighted by molar-refractivity contribution is 9.10. The standard InChI is InChI=1S/C10H11BrN2O2S/c11-9-2-1-8(13(14)15)5-10(9)12-7-3-4-16-6-7/h1-2,5,7,12H,3-4,6H2. The predicted molar refractivity (Wildman–Crippen MR) is 70.1 cm³/mol. The van der Waals surface area contributed by atoms with Gasteiger partial charge in [0.1, 0.15) is 0 Å². The van der Waals surface area contributed by atoms with Crippen molar-refractivity contribution in [2.45, 2.75) is 12.5 Å². The van der Waals surface area contributed by atoms with Crippen molar-refractivity contribution in [3.8, 4) is 0 Å². The van der Waals surface area contributed by atoms with Crippen LogP contribution in [0.4, 0.5) is 11.4 Å². The van der Waals surface area contributed by atoms with Gasteiger partial charge in [0.25, 0.3) is 5.69 Å². The summed E-state index contributed by atoms with van der Waals surface area (Å²) in [5.41, 5.74) is 0.929. The van der Waals surface area contributed by atoms with Crippen molar-refractivity contribution < 1.29 is 4.92 Å². The van der Waals surface area contributed by atoms with Crippen molar-refractivity contribution >= 4 is 39.1 Å². The van der Waals surface area contributed by atoms with Gasteiger partial charge in [-0.25, -0.2) is 0 Å². The number of benzene rings is 1. The molecule has 16 heavy (non-hydrogen) atoms. The first-order valence-corrected chi connectivity index (χ1v) is 6.90. The molecule has 1 aromatic rings. The Bertz CT molecular complexity index is 408. The van der Waals surface area contributed by atoms with Gasteiger partial charge in [-0.05, 0) is 34.2 Å². The summed E-state index contributed by atoms with van der Waals surface area (Å²) in [7, 11) is 0. The Morgan fingerprint density at radius 2 is 2.38 bits per heavy atom. The van der Waals surface area contributed by atoms with Crippen molar-refractivity contribution in [3.05, 3.63) is 32.8 Å². The number of nitro benzene ring substituents is 1. The molecule has 0 aromatic heterocycles. The molecule has 1 fully saturated rings. The maximum atomic E-state index is 10.7. The van der Waals surface area contributed by atoms with Crippen LogP contribution in [0, 0.1) is 10.1 Å². The fourth-order valence-corrected chi connectivity index (χ4v) is 3.12. The van der Waals surface area contributed by atoms with E-state index in [1.807, 2.05) is 11.8 Å². The van der Waals surface area contributed by atoms with Gasteiger partial charge in [0.15, 0.2) is 0 Å². The Morgan fingerprint density at radius 3 is 3.00 bits per heavy atom. The van der Waals surface area contributed by atoms with E-state index in [4.69, 9.17) is 0 Å². The third-order valence-electron chi connectivity index (χ3n) is 2.45. The zero-order chi connectivity index (χ0) is 11.5. The second kappa shape index (κ2) is 5.05. The van der Waals surface area contributed by atoms with Gasteiger partial charge in [-0.15, -0.1) is 0 Å². The molecule has 1 N–H and O–H groups in total. The highest BCUT2D eigenvalue weighted by atomic mass is 79.9. The van der Waals surface area contributed by atoms with Crippen molar-refractivity contribution in [2.75, 3.05) is 16.8 Å². The molecule has 0 aliphatic carbocycles. The van der Waals surface area contributed by atoms with Crippen molar-refractivity contribution in [3.63, 3.8) is 0 Å². The molecule has 1 aromatic carbocycles. The lowest BCUT2D eigenvalue weighted by Gasteiger charge is -2.13. The number of nitro groups is 1. The second-order valence-corrected chi connectivity index (χ2v) is 5.63. The lowest BCUT2D eigenvalue weighted by atomic mass is 10.2. The quantitative estimate of drug-likeness (QED) is 0.688. The van der Waals surface area contributed by atoms with Crippen LogP contribution in [0.15, 0.2) is 22.7 Å². The van der Waals surface area contributed by atoms with Gasteiger partial charge in [0, 0.05) is 28.4 Å². The zero-order valence-electron chi connectivity index (χ0n) is 8.48. The lowest BCUT2D eigenvalue weighted by Crippen LogP contribution is -2.18. The summed E-state index contributed by atoms with van der Waals surface area (Å²) >= 11 is 5.30. The maximum absolute atomic E-state index is 10.7. The van der Waals surface area contributed by atoms with Gasteiger partial charge in [0.2, 0.25) is 0 Å². The van der Waals surface area contributed by atoms with Gasteiger partial charge < -0.3 is 5.32 Å². The molecule has 6 heteroatoms. The number of hydrogen-bond acceptors (Lipinski definition) is 4. The molecular weight excluding hydrogens is 292 g/mol. The number of nitrogens with one attached hydrogen (secondary N) is 1. The van der Waals surface area contributed by atoms with Crippen LogP contribution in [0.2, 0.25) is 0 Å². The van der Waals surface area contributed by atoms with Crippen LogP contribution in [0.1, 0.15) is 6.42 Å². The molecule has 1 heterocycles. The van der Waals surface area contributed by atoms with Crippen LogP contribution < -0.4 is 5.32 Å². The Labute approximate surface area is 106 Å². The van der Waals surface area contributed by atoms with Gasteiger partial charge in [-0.2, -0.15) is 11.8 Å². The molecule has 1 aliphatic heterocycles. The Hall–Kier alpha value is -0.750. The number of thioether (sulfide) groups is 1. The van der Waals surface area contributed by atoms with E-state index >= 15 is 0 Å². The molecule has 0 radical (unpaired) electrons. The van der Waals surface area contributed by atoms with Crippen LogP contribution in [-0.4, -0.2) is 22.5 Å². The van der Waals surface area contributed by atoms with Crippen molar-refractivity contribution in [2.24, 2.45) is 0 Å². The van der Waals surface area contributed by atoms with E-state index in [0.29, 0.717) is 6.04 Å². The Kier molecular flexibility index (Phi) is 3.70. The summed E-state index contributed by atoms with van der Waals surface area (Å²) in [5, 5.41) is 14.0. The third-order valence-corrected chi connectivity index (χ3v) is 4.30. The topological polar surface area (TPSA) is 55.2 Å². The molecule has 1 saturated heterocycles. The highest BCUT2D eigenvalue weighted by Gasteiger charge is 2.17. The minimum absolute atomic E-state index is 0.122. The van der Waals surface area contributed by atoms with E-state index in [9.17, 15) is 10.1 Å². The maximum Gasteiger partial charge on any atom is 0.271 e. The first-order valence-electron chi connectivity index (χ1n) is 4.95. The fourth-order valence-electron chi connectivity index (χ4n) is 1.61. The average molecular weight is 303 g/mol. The van der Waals surface area contributed by atoms with E-state index in [0.717, 1.165) is 28.1 Å². The molecule has 2 rings (SSSR count). The first-order chi connectivity index (χ1) is 7.66. The molecule has 86 valence electrons. The summed E-state index contributed by atoms with van der Waals surface area (Å²) in [6.45, 7) is 0. The minimum atomic E-state index is -0.374. The predicted octanol–water partition coefficient (Wildman–Crippen LogP) is 3.27. The Balaban J connectivity index is 2.17. The van der Waals surface area contributed by atoms with Crippen LogP contribution in [-0.2, 0) is 0 Å². The molecular formula is C10H11BrN2O2S. The molecule has 0 bridgehead atoms. The summed E-state index contributed by atoms with van der Waals surface area (Å²) < 4.78 is 0.870. The van der Waals surface area contributed by atoms with Crippen LogP contribution >= 0.6 is 27.7 Å². The number of hydrogen-bond donors (Lipinski definition) is 1. The number of rotatable bonds is 3. The monoisotopic (exact) mass is 302 g/mol. The van der Waals surface area contributed by atoms with Crippen molar-refractivity contribution in [1.29, 1.82) is 0 Å². The SMILES string of the molecule is O=[N+]([O-])c1ccc(Br)c(NC2CCSC2)c1. The largest absolute Gasteiger partial charge is 0.380 e. The van der Waals surface area contributed by atoms with Crippen LogP contribution in [0.5, 0.6) is 0 Å². The minimum Gasteiger partial charge on any atom is -0.380 e. The van der Waals surface area contributed by atoms with Gasteiger partial charge >= 0.3 is 0 Å². The smallest absolute Gasteiger partial charge is 0.271 e. The van der Waals surface area contributed by atoms with E-state index in [1.165, 1.54) is 6.07 Å². The molecule has 1 unspecified atom stereocenters. The molecule has 0 saturated carbocycles. The molecule has 1 atom stereocenters. The number of non-ortho nitro benzene ring substituents is 1.